The van der Waals surface area contributed by atoms with E-state index in [2.05, 4.69) is 17.1 Å². The summed E-state index contributed by atoms with van der Waals surface area (Å²) in [5.41, 5.74) is 3.17. The first kappa shape index (κ1) is 13.4. The van der Waals surface area contributed by atoms with E-state index in [4.69, 9.17) is 16.3 Å². The van der Waals surface area contributed by atoms with Gasteiger partial charge in [0.1, 0.15) is 5.75 Å². The Morgan fingerprint density at radius 3 is 2.61 bits per heavy atom. The molecule has 0 bridgehead atoms. The molecule has 1 aromatic carbocycles. The zero-order valence-electron chi connectivity index (χ0n) is 10.3. The summed E-state index contributed by atoms with van der Waals surface area (Å²) >= 11 is 7.75. The van der Waals surface area contributed by atoms with Gasteiger partial charge in [-0.25, -0.2) is 0 Å². The van der Waals surface area contributed by atoms with Crippen LogP contribution in [0.2, 0.25) is 0 Å². The first-order valence-corrected chi connectivity index (χ1v) is 7.29. The first-order chi connectivity index (χ1) is 8.81. The van der Waals surface area contributed by atoms with Crippen molar-refractivity contribution in [1.82, 2.24) is 4.98 Å². The second-order valence-corrected chi connectivity index (χ2v) is 5.52. The molecule has 0 aliphatic heterocycles. The maximum Gasteiger partial charge on any atom is 0.118 e. The van der Waals surface area contributed by atoms with E-state index >= 15 is 0 Å². The number of nitrogens with zero attached hydrogens (tertiary/aromatic N) is 1. The number of thiazole rings is 1. The van der Waals surface area contributed by atoms with Crippen LogP contribution in [-0.4, -0.2) is 18.0 Å². The topological polar surface area (TPSA) is 22.1 Å². The molecule has 18 heavy (non-hydrogen) atoms. The van der Waals surface area contributed by atoms with Crippen LogP contribution < -0.4 is 4.74 Å². The van der Waals surface area contributed by atoms with Crippen molar-refractivity contribution in [2.75, 3.05) is 13.0 Å². The lowest BCUT2D eigenvalue weighted by molar-refractivity contribution is 0.414. The number of hydrogen-bond acceptors (Lipinski definition) is 3. The standard InChI is InChI=1S/C14H16ClNOS/c1-17-13-4-2-11(3-5-13)6-12(8-15)7-14-9-16-10-18-14/h2-5,9-10,12H,6-8H2,1H3. The first-order valence-electron chi connectivity index (χ1n) is 5.88. The van der Waals surface area contributed by atoms with Gasteiger partial charge in [-0.2, -0.15) is 0 Å². The Kier molecular flexibility index (Phi) is 5.02. The largest absolute Gasteiger partial charge is 0.497 e. The summed E-state index contributed by atoms with van der Waals surface area (Å²) in [6.07, 6.45) is 3.92. The quantitative estimate of drug-likeness (QED) is 0.752. The van der Waals surface area contributed by atoms with E-state index in [9.17, 15) is 0 Å². The second-order valence-electron chi connectivity index (χ2n) is 4.24. The van der Waals surface area contributed by atoms with Crippen molar-refractivity contribution in [1.29, 1.82) is 0 Å². The van der Waals surface area contributed by atoms with Crippen LogP contribution in [0.3, 0.4) is 0 Å². The predicted molar refractivity (Wildman–Crippen MR) is 76.7 cm³/mol. The Labute approximate surface area is 117 Å². The van der Waals surface area contributed by atoms with E-state index in [1.54, 1.807) is 18.4 Å². The van der Waals surface area contributed by atoms with E-state index in [1.165, 1.54) is 10.4 Å². The highest BCUT2D eigenvalue weighted by Crippen LogP contribution is 2.20. The minimum atomic E-state index is 0.459. The molecular formula is C14H16ClNOS. The molecule has 2 rings (SSSR count). The number of hydrogen-bond donors (Lipinski definition) is 0. The van der Waals surface area contributed by atoms with Crippen molar-refractivity contribution in [2.24, 2.45) is 5.92 Å². The number of alkyl halides is 1. The summed E-state index contributed by atoms with van der Waals surface area (Å²) < 4.78 is 5.15. The maximum absolute atomic E-state index is 6.05. The average Bonchev–Trinajstić information content (AvgIpc) is 2.91. The lowest BCUT2D eigenvalue weighted by Gasteiger charge is -2.12. The molecular weight excluding hydrogens is 266 g/mol. The van der Waals surface area contributed by atoms with Crippen LogP contribution in [0.4, 0.5) is 0 Å². The molecule has 0 aliphatic carbocycles. The van der Waals surface area contributed by atoms with Crippen molar-refractivity contribution >= 4 is 22.9 Å². The van der Waals surface area contributed by atoms with Crippen molar-refractivity contribution < 1.29 is 4.74 Å². The smallest absolute Gasteiger partial charge is 0.118 e. The highest BCUT2D eigenvalue weighted by molar-refractivity contribution is 7.09. The van der Waals surface area contributed by atoms with Crippen LogP contribution in [-0.2, 0) is 12.8 Å². The molecule has 0 spiro atoms. The Hall–Kier alpha value is -1.06. The van der Waals surface area contributed by atoms with Crippen LogP contribution in [0.5, 0.6) is 5.75 Å². The number of benzene rings is 1. The van der Waals surface area contributed by atoms with Gasteiger partial charge >= 0.3 is 0 Å². The van der Waals surface area contributed by atoms with Crippen molar-refractivity contribution in [3.8, 4) is 5.75 Å². The zero-order chi connectivity index (χ0) is 12.8. The van der Waals surface area contributed by atoms with Crippen LogP contribution in [0, 0.1) is 5.92 Å². The number of halogens is 1. The van der Waals surface area contributed by atoms with Gasteiger partial charge in [-0.05, 0) is 36.5 Å². The summed E-state index contributed by atoms with van der Waals surface area (Å²) in [7, 11) is 1.68. The monoisotopic (exact) mass is 281 g/mol. The van der Waals surface area contributed by atoms with Gasteiger partial charge in [0.05, 0.1) is 12.6 Å². The van der Waals surface area contributed by atoms with Gasteiger partial charge in [-0.3, -0.25) is 4.98 Å². The summed E-state index contributed by atoms with van der Waals surface area (Å²) in [5.74, 6) is 2.02. The summed E-state index contributed by atoms with van der Waals surface area (Å²) in [6, 6.07) is 8.19. The van der Waals surface area contributed by atoms with Gasteiger partial charge < -0.3 is 4.74 Å². The molecule has 1 heterocycles. The molecule has 0 radical (unpaired) electrons. The fourth-order valence-electron chi connectivity index (χ4n) is 1.90. The van der Waals surface area contributed by atoms with Gasteiger partial charge in [0, 0.05) is 17.0 Å². The molecule has 2 aromatic rings. The van der Waals surface area contributed by atoms with E-state index in [0.717, 1.165) is 18.6 Å². The lowest BCUT2D eigenvalue weighted by atomic mass is 9.97. The minimum absolute atomic E-state index is 0.459. The molecule has 0 N–H and O–H groups in total. The number of ether oxygens (including phenoxy) is 1. The lowest BCUT2D eigenvalue weighted by Crippen LogP contribution is -2.09. The van der Waals surface area contributed by atoms with Crippen LogP contribution in [0.1, 0.15) is 10.4 Å². The zero-order valence-corrected chi connectivity index (χ0v) is 11.9. The summed E-state index contributed by atoms with van der Waals surface area (Å²) in [4.78, 5) is 5.40. The Morgan fingerprint density at radius 2 is 2.06 bits per heavy atom. The van der Waals surface area contributed by atoms with Gasteiger partial charge in [0.2, 0.25) is 0 Å². The number of aromatic nitrogens is 1. The molecule has 0 saturated heterocycles. The third-order valence-electron chi connectivity index (χ3n) is 2.87. The normalized spacial score (nSPS) is 12.3. The number of rotatable bonds is 6. The third-order valence-corrected chi connectivity index (χ3v) is 4.11. The Morgan fingerprint density at radius 1 is 1.28 bits per heavy atom. The minimum Gasteiger partial charge on any atom is -0.497 e. The molecule has 0 aliphatic rings. The second kappa shape index (κ2) is 6.76. The van der Waals surface area contributed by atoms with Crippen LogP contribution in [0.25, 0.3) is 0 Å². The van der Waals surface area contributed by atoms with Crippen LogP contribution >= 0.6 is 22.9 Å². The highest BCUT2D eigenvalue weighted by atomic mass is 35.5. The van der Waals surface area contributed by atoms with Crippen LogP contribution in [0.15, 0.2) is 36.0 Å². The molecule has 1 atom stereocenters. The molecule has 0 amide bonds. The fourth-order valence-corrected chi connectivity index (χ4v) is 2.83. The maximum atomic E-state index is 6.05. The van der Waals surface area contributed by atoms with E-state index in [-0.39, 0.29) is 0 Å². The van der Waals surface area contributed by atoms with Gasteiger partial charge in [0.15, 0.2) is 0 Å². The Bertz CT molecular complexity index is 455. The van der Waals surface area contributed by atoms with E-state index < -0.39 is 0 Å². The average molecular weight is 282 g/mol. The van der Waals surface area contributed by atoms with E-state index in [1.807, 2.05) is 23.8 Å². The van der Waals surface area contributed by atoms with E-state index in [0.29, 0.717) is 11.8 Å². The molecule has 96 valence electrons. The SMILES string of the molecule is COc1ccc(CC(CCl)Cc2cncs2)cc1. The molecule has 2 nitrogen and oxygen atoms in total. The van der Waals surface area contributed by atoms with Crippen molar-refractivity contribution in [3.63, 3.8) is 0 Å². The van der Waals surface area contributed by atoms with Crippen molar-refractivity contribution in [2.45, 2.75) is 12.8 Å². The summed E-state index contributed by atoms with van der Waals surface area (Å²) in [6.45, 7) is 0. The van der Waals surface area contributed by atoms with Gasteiger partial charge in [0.25, 0.3) is 0 Å². The molecule has 1 aromatic heterocycles. The number of methoxy groups -OCH3 is 1. The van der Waals surface area contributed by atoms with Crippen molar-refractivity contribution in [3.05, 3.63) is 46.4 Å². The molecule has 1 unspecified atom stereocenters. The third kappa shape index (κ3) is 3.72. The molecule has 0 fully saturated rings. The molecule has 0 saturated carbocycles. The van der Waals surface area contributed by atoms with Gasteiger partial charge in [-0.15, -0.1) is 22.9 Å². The Balaban J connectivity index is 1.96. The fraction of sp³-hybridized carbons (Fsp3) is 0.357. The predicted octanol–water partition coefficient (Wildman–Crippen LogP) is 3.79. The summed E-state index contributed by atoms with van der Waals surface area (Å²) in [5, 5.41) is 0. The van der Waals surface area contributed by atoms with Gasteiger partial charge in [-0.1, -0.05) is 12.1 Å². The highest BCUT2D eigenvalue weighted by Gasteiger charge is 2.10. The molecule has 4 heteroatoms.